The van der Waals surface area contributed by atoms with Crippen molar-refractivity contribution in [2.45, 2.75) is 6.61 Å². The predicted molar refractivity (Wildman–Crippen MR) is 72.8 cm³/mol. The first-order chi connectivity index (χ1) is 9.22. The van der Waals surface area contributed by atoms with E-state index < -0.39 is 0 Å². The first kappa shape index (κ1) is 13.2. The topological polar surface area (TPSA) is 63.0 Å². The van der Waals surface area contributed by atoms with Gasteiger partial charge in [0, 0.05) is 10.7 Å². The molecule has 0 aliphatic rings. The summed E-state index contributed by atoms with van der Waals surface area (Å²) in [5.74, 6) is 0.508. The lowest BCUT2D eigenvalue weighted by atomic mass is 10.2. The molecule has 0 aliphatic carbocycles. The summed E-state index contributed by atoms with van der Waals surface area (Å²) in [7, 11) is 0. The molecule has 0 spiro atoms. The summed E-state index contributed by atoms with van der Waals surface area (Å²) in [6.45, 7) is 0.277. The number of aldehydes is 1. The van der Waals surface area contributed by atoms with Crippen LogP contribution in [0.15, 0.2) is 41.0 Å². The highest BCUT2D eigenvalue weighted by Crippen LogP contribution is 2.22. The summed E-state index contributed by atoms with van der Waals surface area (Å²) in [6, 6.07) is 10.6. The smallest absolute Gasteiger partial charge is 0.153 e. The monoisotopic (exact) mass is 316 g/mol. The van der Waals surface area contributed by atoms with Gasteiger partial charge in [0.25, 0.3) is 0 Å². The lowest BCUT2D eigenvalue weighted by Crippen LogP contribution is -1.99. The minimum absolute atomic E-state index is 0.277. The SMILES string of the molecule is N#Cc1cc(COc2ccc(Br)cc2C=O)ccn1. The average Bonchev–Trinajstić information content (AvgIpc) is 2.46. The highest BCUT2D eigenvalue weighted by Gasteiger charge is 2.04. The Labute approximate surface area is 118 Å². The fourth-order valence-corrected chi connectivity index (χ4v) is 1.91. The number of halogens is 1. The van der Waals surface area contributed by atoms with Crippen molar-refractivity contribution in [2.75, 3.05) is 0 Å². The minimum Gasteiger partial charge on any atom is -0.488 e. The maximum Gasteiger partial charge on any atom is 0.153 e. The number of rotatable bonds is 4. The Hall–Kier alpha value is -2.19. The number of hydrogen-bond donors (Lipinski definition) is 0. The van der Waals surface area contributed by atoms with Crippen molar-refractivity contribution >= 4 is 22.2 Å². The van der Waals surface area contributed by atoms with Crippen LogP contribution in [0.3, 0.4) is 0 Å². The number of hydrogen-bond acceptors (Lipinski definition) is 4. The Morgan fingerprint density at radius 3 is 2.95 bits per heavy atom. The van der Waals surface area contributed by atoms with E-state index in [1.807, 2.05) is 6.07 Å². The second-order valence-electron chi connectivity index (χ2n) is 3.75. The van der Waals surface area contributed by atoms with Gasteiger partial charge in [-0.15, -0.1) is 0 Å². The van der Waals surface area contributed by atoms with Crippen LogP contribution in [-0.4, -0.2) is 11.3 Å². The van der Waals surface area contributed by atoms with Gasteiger partial charge < -0.3 is 4.74 Å². The van der Waals surface area contributed by atoms with Crippen molar-refractivity contribution in [3.63, 3.8) is 0 Å². The Kier molecular flexibility index (Phi) is 4.26. The highest BCUT2D eigenvalue weighted by molar-refractivity contribution is 9.10. The Morgan fingerprint density at radius 2 is 2.21 bits per heavy atom. The van der Waals surface area contributed by atoms with Crippen LogP contribution in [0.1, 0.15) is 21.6 Å². The van der Waals surface area contributed by atoms with E-state index in [1.165, 1.54) is 0 Å². The van der Waals surface area contributed by atoms with Crippen molar-refractivity contribution < 1.29 is 9.53 Å². The van der Waals surface area contributed by atoms with E-state index in [2.05, 4.69) is 20.9 Å². The van der Waals surface area contributed by atoms with Crippen LogP contribution < -0.4 is 4.74 Å². The number of carbonyl (C=O) groups is 1. The molecule has 0 unspecified atom stereocenters. The molecule has 1 aromatic carbocycles. The molecule has 0 amide bonds. The molecule has 0 saturated carbocycles. The third-order valence-corrected chi connectivity index (χ3v) is 2.93. The van der Waals surface area contributed by atoms with Crippen LogP contribution in [0, 0.1) is 11.3 Å². The van der Waals surface area contributed by atoms with Gasteiger partial charge in [-0.05, 0) is 35.9 Å². The number of pyridine rings is 1. The average molecular weight is 317 g/mol. The molecular weight excluding hydrogens is 308 g/mol. The molecule has 94 valence electrons. The van der Waals surface area contributed by atoms with Crippen molar-refractivity contribution in [3.8, 4) is 11.8 Å². The van der Waals surface area contributed by atoms with Crippen LogP contribution in [0.4, 0.5) is 0 Å². The molecule has 2 rings (SSSR count). The normalized spacial score (nSPS) is 9.68. The molecule has 0 saturated heterocycles. The van der Waals surface area contributed by atoms with Crippen LogP contribution in [0.5, 0.6) is 5.75 Å². The van der Waals surface area contributed by atoms with Crippen molar-refractivity contribution in [1.29, 1.82) is 5.26 Å². The number of nitriles is 1. The lowest BCUT2D eigenvalue weighted by Gasteiger charge is -2.08. The van der Waals surface area contributed by atoms with Gasteiger partial charge in [-0.2, -0.15) is 5.26 Å². The van der Waals surface area contributed by atoms with Crippen LogP contribution >= 0.6 is 15.9 Å². The second kappa shape index (κ2) is 6.12. The molecule has 1 heterocycles. The zero-order valence-electron chi connectivity index (χ0n) is 9.84. The number of aromatic nitrogens is 1. The Balaban J connectivity index is 2.14. The summed E-state index contributed by atoms with van der Waals surface area (Å²) in [5, 5.41) is 8.76. The summed E-state index contributed by atoms with van der Waals surface area (Å²) >= 11 is 3.29. The van der Waals surface area contributed by atoms with Crippen LogP contribution in [0.25, 0.3) is 0 Å². The van der Waals surface area contributed by atoms with E-state index in [0.717, 1.165) is 16.3 Å². The van der Waals surface area contributed by atoms with Gasteiger partial charge in [-0.3, -0.25) is 4.79 Å². The predicted octanol–water partition coefficient (Wildman–Crippen LogP) is 3.11. The molecule has 0 fully saturated rings. The van der Waals surface area contributed by atoms with Gasteiger partial charge in [0.05, 0.1) is 5.56 Å². The first-order valence-electron chi connectivity index (χ1n) is 5.45. The van der Waals surface area contributed by atoms with E-state index in [9.17, 15) is 4.79 Å². The standard InChI is InChI=1S/C14H9BrN2O2/c15-12-1-2-14(11(6-12)8-18)19-9-10-3-4-17-13(5-10)7-16/h1-6,8H,9H2. The largest absolute Gasteiger partial charge is 0.488 e. The molecule has 0 aliphatic heterocycles. The van der Waals surface area contributed by atoms with E-state index in [-0.39, 0.29) is 6.61 Å². The summed E-state index contributed by atoms with van der Waals surface area (Å²) in [6.07, 6.45) is 2.30. The van der Waals surface area contributed by atoms with Gasteiger partial charge >= 0.3 is 0 Å². The maximum absolute atomic E-state index is 10.9. The van der Waals surface area contributed by atoms with Crippen LogP contribution in [-0.2, 0) is 6.61 Å². The van der Waals surface area contributed by atoms with E-state index >= 15 is 0 Å². The molecule has 19 heavy (non-hydrogen) atoms. The molecule has 1 aromatic heterocycles. The third-order valence-electron chi connectivity index (χ3n) is 2.43. The summed E-state index contributed by atoms with van der Waals surface area (Å²) in [4.78, 5) is 14.8. The second-order valence-corrected chi connectivity index (χ2v) is 4.67. The zero-order chi connectivity index (χ0) is 13.7. The molecule has 0 atom stereocenters. The van der Waals surface area contributed by atoms with Crippen molar-refractivity contribution in [2.24, 2.45) is 0 Å². The molecule has 4 nitrogen and oxygen atoms in total. The fourth-order valence-electron chi connectivity index (χ4n) is 1.53. The number of carbonyl (C=O) groups excluding carboxylic acids is 1. The zero-order valence-corrected chi connectivity index (χ0v) is 11.4. The first-order valence-corrected chi connectivity index (χ1v) is 6.25. The van der Waals surface area contributed by atoms with Gasteiger partial charge in [0.2, 0.25) is 0 Å². The Morgan fingerprint density at radius 1 is 1.37 bits per heavy atom. The van der Waals surface area contributed by atoms with Crippen LogP contribution in [0.2, 0.25) is 0 Å². The number of benzene rings is 1. The van der Waals surface area contributed by atoms with Crippen molar-refractivity contribution in [3.05, 3.63) is 57.8 Å². The highest BCUT2D eigenvalue weighted by atomic mass is 79.9. The fraction of sp³-hybridized carbons (Fsp3) is 0.0714. The summed E-state index contributed by atoms with van der Waals surface area (Å²) in [5.41, 5.74) is 1.64. The number of nitrogens with zero attached hydrogens (tertiary/aromatic N) is 2. The van der Waals surface area contributed by atoms with E-state index in [1.54, 1.807) is 36.5 Å². The quantitative estimate of drug-likeness (QED) is 0.813. The van der Waals surface area contributed by atoms with Gasteiger partial charge in [-0.25, -0.2) is 4.98 Å². The number of ether oxygens (including phenoxy) is 1. The van der Waals surface area contributed by atoms with Gasteiger partial charge in [0.15, 0.2) is 6.29 Å². The Bertz CT molecular complexity index is 650. The molecule has 0 bridgehead atoms. The van der Waals surface area contributed by atoms with Crippen molar-refractivity contribution in [1.82, 2.24) is 4.98 Å². The van der Waals surface area contributed by atoms with E-state index in [4.69, 9.17) is 10.00 Å². The summed E-state index contributed by atoms with van der Waals surface area (Å²) < 4.78 is 6.40. The molecule has 0 radical (unpaired) electrons. The third kappa shape index (κ3) is 3.39. The minimum atomic E-state index is 0.277. The molecule has 2 aromatic rings. The van der Waals surface area contributed by atoms with E-state index in [0.29, 0.717) is 17.0 Å². The maximum atomic E-state index is 10.9. The lowest BCUT2D eigenvalue weighted by molar-refractivity contribution is 0.111. The van der Waals surface area contributed by atoms with Gasteiger partial charge in [0.1, 0.15) is 24.1 Å². The molecular formula is C14H9BrN2O2. The van der Waals surface area contributed by atoms with Gasteiger partial charge in [-0.1, -0.05) is 15.9 Å². The molecule has 0 N–H and O–H groups in total. The molecule has 5 heteroatoms.